The number of para-hydroxylation sites is 1. The Balaban J connectivity index is 1.59. The van der Waals surface area contributed by atoms with Crippen molar-refractivity contribution in [1.29, 1.82) is 0 Å². The molecular formula is C20H20N4O2S2. The van der Waals surface area contributed by atoms with Crippen molar-refractivity contribution >= 4 is 49.0 Å². The summed E-state index contributed by atoms with van der Waals surface area (Å²) in [5.74, 6) is -0.153. The number of fused-ring (bicyclic) bond motifs is 2. The third kappa shape index (κ3) is 3.12. The number of thiophene rings is 1. The molecule has 0 aliphatic rings. The monoisotopic (exact) mass is 412 g/mol. The summed E-state index contributed by atoms with van der Waals surface area (Å²) in [6.45, 7) is 5.81. The minimum atomic E-state index is -0.178. The molecule has 1 amide bonds. The van der Waals surface area contributed by atoms with Gasteiger partial charge in [0.25, 0.3) is 5.56 Å². The molecule has 0 radical (unpaired) electrons. The predicted octanol–water partition coefficient (Wildman–Crippen LogP) is 3.90. The van der Waals surface area contributed by atoms with E-state index >= 15 is 0 Å². The summed E-state index contributed by atoms with van der Waals surface area (Å²) >= 11 is 3.09. The smallest absolute Gasteiger partial charge is 0.262 e. The molecule has 0 bridgehead atoms. The average molecular weight is 413 g/mol. The van der Waals surface area contributed by atoms with Gasteiger partial charge in [0.2, 0.25) is 5.91 Å². The summed E-state index contributed by atoms with van der Waals surface area (Å²) in [4.78, 5) is 38.1. The second kappa shape index (κ2) is 7.10. The van der Waals surface area contributed by atoms with E-state index in [0.29, 0.717) is 5.39 Å². The lowest BCUT2D eigenvalue weighted by Gasteiger charge is -2.23. The van der Waals surface area contributed by atoms with Crippen LogP contribution in [0, 0.1) is 13.8 Å². The van der Waals surface area contributed by atoms with Gasteiger partial charge in [0.1, 0.15) is 16.4 Å². The van der Waals surface area contributed by atoms with Crippen molar-refractivity contribution in [2.75, 3.05) is 7.05 Å². The Morgan fingerprint density at radius 2 is 2.00 bits per heavy atom. The number of hydrogen-bond donors (Lipinski definition) is 0. The van der Waals surface area contributed by atoms with Crippen LogP contribution in [0.5, 0.6) is 0 Å². The fourth-order valence-electron chi connectivity index (χ4n) is 3.09. The van der Waals surface area contributed by atoms with Gasteiger partial charge in [-0.15, -0.1) is 22.7 Å². The molecular weight excluding hydrogens is 392 g/mol. The third-order valence-corrected chi connectivity index (χ3v) is 7.43. The van der Waals surface area contributed by atoms with Gasteiger partial charge >= 0.3 is 0 Å². The van der Waals surface area contributed by atoms with E-state index in [2.05, 4.69) is 9.97 Å². The fourth-order valence-corrected chi connectivity index (χ4v) is 5.14. The van der Waals surface area contributed by atoms with Crippen molar-refractivity contribution in [3.05, 3.63) is 56.4 Å². The molecule has 3 aromatic heterocycles. The van der Waals surface area contributed by atoms with Crippen molar-refractivity contribution in [3.8, 4) is 0 Å². The van der Waals surface area contributed by atoms with Gasteiger partial charge in [-0.05, 0) is 38.5 Å². The highest BCUT2D eigenvalue weighted by Crippen LogP contribution is 2.29. The maximum absolute atomic E-state index is 12.8. The normalized spacial score (nSPS) is 12.6. The van der Waals surface area contributed by atoms with E-state index in [1.807, 2.05) is 45.0 Å². The Labute approximate surface area is 170 Å². The number of aryl methyl sites for hydroxylation is 2. The lowest BCUT2D eigenvalue weighted by molar-refractivity contribution is -0.132. The van der Waals surface area contributed by atoms with Crippen molar-refractivity contribution in [2.45, 2.75) is 33.4 Å². The number of aromatic nitrogens is 3. The molecule has 0 fully saturated rings. The van der Waals surface area contributed by atoms with Crippen LogP contribution in [-0.4, -0.2) is 32.4 Å². The second-order valence-corrected chi connectivity index (χ2v) is 9.11. The van der Waals surface area contributed by atoms with Crippen LogP contribution >= 0.6 is 22.7 Å². The third-order valence-electron chi connectivity index (χ3n) is 5.10. The summed E-state index contributed by atoms with van der Waals surface area (Å²) in [7, 11) is 1.75. The van der Waals surface area contributed by atoms with Crippen molar-refractivity contribution < 1.29 is 4.79 Å². The van der Waals surface area contributed by atoms with E-state index in [0.717, 1.165) is 30.5 Å². The quantitative estimate of drug-likeness (QED) is 0.510. The number of nitrogens with zero attached hydrogens (tertiary/aromatic N) is 4. The van der Waals surface area contributed by atoms with Crippen LogP contribution in [0.1, 0.15) is 28.4 Å². The number of amides is 1. The number of hydrogen-bond acceptors (Lipinski definition) is 6. The first-order valence-corrected chi connectivity index (χ1v) is 10.6. The van der Waals surface area contributed by atoms with Gasteiger partial charge in [0.15, 0.2) is 0 Å². The highest BCUT2D eigenvalue weighted by molar-refractivity contribution is 7.19. The molecule has 0 unspecified atom stereocenters. The molecule has 1 aromatic carbocycles. The minimum absolute atomic E-state index is 0.0398. The molecule has 0 saturated heterocycles. The van der Waals surface area contributed by atoms with Gasteiger partial charge in [-0.2, -0.15) is 0 Å². The highest BCUT2D eigenvalue weighted by Gasteiger charge is 2.22. The van der Waals surface area contributed by atoms with Crippen molar-refractivity contribution in [1.82, 2.24) is 19.4 Å². The zero-order valence-electron chi connectivity index (χ0n) is 16.1. The Hall–Kier alpha value is -2.58. The minimum Gasteiger partial charge on any atom is -0.335 e. The van der Waals surface area contributed by atoms with Gasteiger partial charge in [0.05, 0.1) is 28.0 Å². The van der Waals surface area contributed by atoms with Gasteiger partial charge < -0.3 is 4.90 Å². The van der Waals surface area contributed by atoms with Crippen LogP contribution in [0.3, 0.4) is 0 Å². The summed E-state index contributed by atoms with van der Waals surface area (Å²) in [5.41, 5.74) is 1.71. The van der Waals surface area contributed by atoms with Crippen LogP contribution in [-0.2, 0) is 11.3 Å². The van der Waals surface area contributed by atoms with E-state index in [1.165, 1.54) is 22.2 Å². The van der Waals surface area contributed by atoms with E-state index < -0.39 is 0 Å². The summed E-state index contributed by atoms with van der Waals surface area (Å²) in [6.07, 6.45) is 1.47. The number of benzene rings is 1. The van der Waals surface area contributed by atoms with Crippen LogP contribution in [0.4, 0.5) is 0 Å². The van der Waals surface area contributed by atoms with E-state index in [4.69, 9.17) is 0 Å². The lowest BCUT2D eigenvalue weighted by Crippen LogP contribution is -2.35. The van der Waals surface area contributed by atoms with Crippen molar-refractivity contribution in [2.24, 2.45) is 0 Å². The van der Waals surface area contributed by atoms with E-state index in [9.17, 15) is 9.59 Å². The standard InChI is InChI=1S/C20H20N4O2S2/c1-11-13(3)27-19-17(11)20(26)24(10-21-19)9-16(25)23(4)12(2)18-22-14-7-5-6-8-15(14)28-18/h5-8,10,12H,9H2,1-4H3/t12-/m0/s1. The molecule has 6 nitrogen and oxygen atoms in total. The SMILES string of the molecule is Cc1sc2ncn(CC(=O)N(C)[C@@H](C)c3nc4ccccc4s3)c(=O)c2c1C. The maximum atomic E-state index is 12.8. The molecule has 0 N–H and O–H groups in total. The van der Waals surface area contributed by atoms with E-state index in [-0.39, 0.29) is 24.1 Å². The number of carbonyl (C=O) groups excluding carboxylic acids is 1. The first-order chi connectivity index (χ1) is 13.4. The topological polar surface area (TPSA) is 68.1 Å². The van der Waals surface area contributed by atoms with Gasteiger partial charge in [0, 0.05) is 11.9 Å². The van der Waals surface area contributed by atoms with Crippen LogP contribution in [0.25, 0.3) is 20.4 Å². The molecule has 144 valence electrons. The Morgan fingerprint density at radius 1 is 1.25 bits per heavy atom. The lowest BCUT2D eigenvalue weighted by atomic mass is 10.2. The van der Waals surface area contributed by atoms with Crippen LogP contribution in [0.2, 0.25) is 0 Å². The zero-order valence-corrected chi connectivity index (χ0v) is 17.7. The highest BCUT2D eigenvalue weighted by atomic mass is 32.1. The molecule has 4 aromatic rings. The molecule has 3 heterocycles. The molecule has 1 atom stereocenters. The number of rotatable bonds is 4. The first kappa shape index (κ1) is 18.8. The van der Waals surface area contributed by atoms with Gasteiger partial charge in [-0.3, -0.25) is 14.2 Å². The average Bonchev–Trinajstić information content (AvgIpc) is 3.24. The fraction of sp³-hybridized carbons (Fsp3) is 0.300. The van der Waals surface area contributed by atoms with Gasteiger partial charge in [-0.1, -0.05) is 12.1 Å². The molecule has 0 spiro atoms. The van der Waals surface area contributed by atoms with Crippen LogP contribution in [0.15, 0.2) is 35.4 Å². The first-order valence-electron chi connectivity index (χ1n) is 8.93. The summed E-state index contributed by atoms with van der Waals surface area (Å²) in [6, 6.07) is 7.75. The summed E-state index contributed by atoms with van der Waals surface area (Å²) in [5, 5.41) is 1.49. The maximum Gasteiger partial charge on any atom is 0.262 e. The Kier molecular flexibility index (Phi) is 4.76. The number of carbonyl (C=O) groups is 1. The Bertz CT molecular complexity index is 1220. The van der Waals surface area contributed by atoms with E-state index in [1.54, 1.807) is 23.3 Å². The zero-order chi connectivity index (χ0) is 20.0. The van der Waals surface area contributed by atoms with Crippen LogP contribution < -0.4 is 5.56 Å². The molecule has 28 heavy (non-hydrogen) atoms. The molecule has 8 heteroatoms. The predicted molar refractivity (Wildman–Crippen MR) is 114 cm³/mol. The molecule has 0 aliphatic carbocycles. The largest absolute Gasteiger partial charge is 0.335 e. The summed E-state index contributed by atoms with van der Waals surface area (Å²) < 4.78 is 2.49. The van der Waals surface area contributed by atoms with Crippen molar-refractivity contribution in [3.63, 3.8) is 0 Å². The Morgan fingerprint density at radius 3 is 2.75 bits per heavy atom. The molecule has 0 saturated carbocycles. The number of thiazole rings is 1. The number of likely N-dealkylation sites (N-methyl/N-ethyl adjacent to an activating group) is 1. The second-order valence-electron chi connectivity index (χ2n) is 6.84. The molecule has 0 aliphatic heterocycles. The van der Waals surface area contributed by atoms with Gasteiger partial charge in [-0.25, -0.2) is 9.97 Å². The molecule has 4 rings (SSSR count).